The summed E-state index contributed by atoms with van der Waals surface area (Å²) in [6.45, 7) is 6.63. The molecule has 1 aromatic carbocycles. The lowest BCUT2D eigenvalue weighted by Gasteiger charge is -2.46. The number of nitrogens with zero attached hydrogens (tertiary/aromatic N) is 3. The Bertz CT molecular complexity index is 743. The summed E-state index contributed by atoms with van der Waals surface area (Å²) in [4.78, 5) is 7.26. The van der Waals surface area contributed by atoms with Crippen LogP contribution in [0.4, 0.5) is 0 Å². The lowest BCUT2D eigenvalue weighted by molar-refractivity contribution is -0.00778. The third kappa shape index (κ3) is 2.79. The Morgan fingerprint density at radius 1 is 1.16 bits per heavy atom. The number of ether oxygens (including phenoxy) is 1. The van der Waals surface area contributed by atoms with Crippen LogP contribution in [-0.4, -0.2) is 46.9 Å². The minimum Gasteiger partial charge on any atom is -0.375 e. The Morgan fingerprint density at radius 2 is 1.92 bits per heavy atom. The van der Waals surface area contributed by atoms with Gasteiger partial charge in [-0.2, -0.15) is 4.98 Å². The molecule has 5 nitrogen and oxygen atoms in total. The van der Waals surface area contributed by atoms with Crippen molar-refractivity contribution >= 4 is 0 Å². The Kier molecular flexibility index (Phi) is 3.51. The minimum atomic E-state index is 0.190. The van der Waals surface area contributed by atoms with E-state index in [0.29, 0.717) is 17.2 Å². The molecule has 0 spiro atoms. The van der Waals surface area contributed by atoms with Crippen LogP contribution in [0.2, 0.25) is 0 Å². The van der Waals surface area contributed by atoms with Crippen molar-refractivity contribution in [1.82, 2.24) is 15.0 Å². The molecule has 0 radical (unpaired) electrons. The molecule has 2 aromatic rings. The van der Waals surface area contributed by atoms with Crippen LogP contribution in [0, 0.1) is 5.41 Å². The van der Waals surface area contributed by atoms with E-state index in [2.05, 4.69) is 22.0 Å². The van der Waals surface area contributed by atoms with Gasteiger partial charge in [-0.05, 0) is 45.7 Å². The molecule has 25 heavy (non-hydrogen) atoms. The highest BCUT2D eigenvalue weighted by molar-refractivity contribution is 5.53. The van der Waals surface area contributed by atoms with Crippen molar-refractivity contribution in [3.05, 3.63) is 36.2 Å². The maximum Gasteiger partial charge on any atom is 0.230 e. The van der Waals surface area contributed by atoms with E-state index in [1.54, 1.807) is 0 Å². The van der Waals surface area contributed by atoms with Crippen molar-refractivity contribution in [1.29, 1.82) is 0 Å². The molecule has 0 amide bonds. The first-order chi connectivity index (χ1) is 12.1. The molecular formula is C20H25N3O2. The number of piperidine rings is 1. The number of fused-ring (bicyclic) bond motifs is 1. The van der Waals surface area contributed by atoms with Crippen LogP contribution in [0.3, 0.4) is 0 Å². The van der Waals surface area contributed by atoms with Crippen molar-refractivity contribution in [2.45, 2.75) is 44.1 Å². The van der Waals surface area contributed by atoms with Crippen LogP contribution < -0.4 is 0 Å². The van der Waals surface area contributed by atoms with Crippen LogP contribution in [0.15, 0.2) is 34.9 Å². The smallest absolute Gasteiger partial charge is 0.230 e. The third-order valence-corrected chi connectivity index (χ3v) is 6.19. The van der Waals surface area contributed by atoms with Gasteiger partial charge in [0.25, 0.3) is 0 Å². The highest BCUT2D eigenvalue weighted by Crippen LogP contribution is 2.58. The molecular weight excluding hydrogens is 314 g/mol. The third-order valence-electron chi connectivity index (χ3n) is 6.19. The molecule has 6 rings (SSSR count). The maximum absolute atomic E-state index is 5.93. The topological polar surface area (TPSA) is 51.4 Å². The van der Waals surface area contributed by atoms with E-state index in [-0.39, 0.29) is 5.60 Å². The van der Waals surface area contributed by atoms with Crippen molar-refractivity contribution in [3.8, 4) is 11.4 Å². The molecule has 4 heterocycles. The second-order valence-corrected chi connectivity index (χ2v) is 8.46. The van der Waals surface area contributed by atoms with Gasteiger partial charge in [-0.1, -0.05) is 35.5 Å². The normalized spacial score (nSPS) is 32.7. The van der Waals surface area contributed by atoms with Gasteiger partial charge in [0, 0.05) is 23.4 Å². The summed E-state index contributed by atoms with van der Waals surface area (Å²) in [5.74, 6) is 1.90. The summed E-state index contributed by atoms with van der Waals surface area (Å²) < 4.78 is 11.5. The second kappa shape index (κ2) is 5.64. The highest BCUT2D eigenvalue weighted by Gasteiger charge is 2.59. The van der Waals surface area contributed by atoms with Gasteiger partial charge in [0.15, 0.2) is 0 Å². The van der Waals surface area contributed by atoms with Gasteiger partial charge < -0.3 is 14.2 Å². The Morgan fingerprint density at radius 3 is 2.60 bits per heavy atom. The quantitative estimate of drug-likeness (QED) is 0.853. The molecule has 4 fully saturated rings. The predicted molar refractivity (Wildman–Crippen MR) is 94.2 cm³/mol. The van der Waals surface area contributed by atoms with E-state index in [1.807, 2.05) is 30.3 Å². The zero-order valence-corrected chi connectivity index (χ0v) is 14.8. The van der Waals surface area contributed by atoms with Crippen LogP contribution in [0.25, 0.3) is 11.4 Å². The summed E-state index contributed by atoms with van der Waals surface area (Å²) >= 11 is 0. The summed E-state index contributed by atoms with van der Waals surface area (Å²) in [5.41, 5.74) is 1.64. The van der Waals surface area contributed by atoms with Gasteiger partial charge in [-0.15, -0.1) is 0 Å². The van der Waals surface area contributed by atoms with Gasteiger partial charge in [0.1, 0.15) is 0 Å². The molecule has 0 N–H and O–H groups in total. The monoisotopic (exact) mass is 339 g/mol. The zero-order valence-electron chi connectivity index (χ0n) is 14.8. The Labute approximate surface area is 148 Å². The van der Waals surface area contributed by atoms with E-state index in [4.69, 9.17) is 9.26 Å². The fraction of sp³-hybridized carbons (Fsp3) is 0.600. The first-order valence-electron chi connectivity index (χ1n) is 9.39. The molecule has 3 aliphatic heterocycles. The fourth-order valence-electron chi connectivity index (χ4n) is 5.14. The van der Waals surface area contributed by atoms with Gasteiger partial charge in [-0.3, -0.25) is 0 Å². The predicted octanol–water partition coefficient (Wildman–Crippen LogP) is 3.49. The first kappa shape index (κ1) is 15.5. The number of aromatic nitrogens is 2. The fourth-order valence-corrected chi connectivity index (χ4v) is 5.14. The lowest BCUT2D eigenvalue weighted by atomic mass is 9.63. The van der Waals surface area contributed by atoms with E-state index in [1.165, 1.54) is 19.4 Å². The van der Waals surface area contributed by atoms with E-state index < -0.39 is 0 Å². The molecule has 4 aliphatic rings. The summed E-state index contributed by atoms with van der Waals surface area (Å²) in [6.07, 6.45) is 4.68. The molecule has 2 bridgehead atoms. The molecule has 1 aromatic heterocycles. The molecule has 1 aliphatic carbocycles. The lowest BCUT2D eigenvalue weighted by Crippen LogP contribution is -2.50. The Hall–Kier alpha value is -1.72. The van der Waals surface area contributed by atoms with Gasteiger partial charge in [0.05, 0.1) is 12.2 Å². The van der Waals surface area contributed by atoms with Crippen molar-refractivity contribution < 1.29 is 9.26 Å². The number of hydrogen-bond donors (Lipinski definition) is 0. The van der Waals surface area contributed by atoms with Crippen LogP contribution in [-0.2, 0) is 4.74 Å². The number of benzene rings is 1. The summed E-state index contributed by atoms with van der Waals surface area (Å²) in [7, 11) is 0. The largest absolute Gasteiger partial charge is 0.375 e. The minimum absolute atomic E-state index is 0.190. The number of hydrogen-bond acceptors (Lipinski definition) is 5. The standard InChI is InChI=1S/C20H25N3O2/c1-19-11-20(12-19,14-24-19)13-23-9-7-16(8-10-23)18-21-17(22-25-18)15-5-3-2-4-6-15/h2-6,16H,7-14H2,1H3. The highest BCUT2D eigenvalue weighted by atomic mass is 16.5. The Balaban J connectivity index is 1.19. The maximum atomic E-state index is 5.93. The molecule has 0 atom stereocenters. The average Bonchev–Trinajstić information content (AvgIpc) is 3.29. The first-order valence-corrected chi connectivity index (χ1v) is 9.39. The van der Waals surface area contributed by atoms with Crippen LogP contribution in [0.5, 0.6) is 0 Å². The van der Waals surface area contributed by atoms with Crippen molar-refractivity contribution in [2.24, 2.45) is 5.41 Å². The van der Waals surface area contributed by atoms with Gasteiger partial charge in [-0.25, -0.2) is 0 Å². The van der Waals surface area contributed by atoms with E-state index in [0.717, 1.165) is 44.0 Å². The van der Waals surface area contributed by atoms with E-state index >= 15 is 0 Å². The molecule has 3 saturated heterocycles. The molecule has 1 saturated carbocycles. The number of likely N-dealkylation sites (tertiary alicyclic amines) is 1. The average molecular weight is 339 g/mol. The summed E-state index contributed by atoms with van der Waals surface area (Å²) in [5, 5.41) is 4.17. The van der Waals surface area contributed by atoms with Gasteiger partial charge in [0.2, 0.25) is 11.7 Å². The van der Waals surface area contributed by atoms with Gasteiger partial charge >= 0.3 is 0 Å². The SMILES string of the molecule is CC12CC(CN3CCC(c4nc(-c5ccccc5)no4)CC3)(CO1)C2. The number of rotatable bonds is 4. The molecule has 0 unspecified atom stereocenters. The zero-order chi connectivity index (χ0) is 16.9. The summed E-state index contributed by atoms with van der Waals surface area (Å²) in [6, 6.07) is 10.0. The van der Waals surface area contributed by atoms with E-state index in [9.17, 15) is 0 Å². The van der Waals surface area contributed by atoms with Crippen molar-refractivity contribution in [2.75, 3.05) is 26.2 Å². The van der Waals surface area contributed by atoms with Crippen LogP contribution >= 0.6 is 0 Å². The molecule has 5 heteroatoms. The second-order valence-electron chi connectivity index (χ2n) is 8.46. The molecule has 132 valence electrons. The van der Waals surface area contributed by atoms with Crippen LogP contribution in [0.1, 0.15) is 44.4 Å². The van der Waals surface area contributed by atoms with Crippen molar-refractivity contribution in [3.63, 3.8) is 0 Å².